The maximum absolute atomic E-state index is 11.2. The Balaban J connectivity index is 2.37. The second-order valence-electron chi connectivity index (χ2n) is 4.92. The highest BCUT2D eigenvalue weighted by Crippen LogP contribution is 2.34. The van der Waals surface area contributed by atoms with Crippen LogP contribution in [-0.2, 0) is 0 Å². The van der Waals surface area contributed by atoms with E-state index in [1.54, 1.807) is 6.92 Å². The highest BCUT2D eigenvalue weighted by atomic mass is 16.4. The Morgan fingerprint density at radius 1 is 1.29 bits per heavy atom. The van der Waals surface area contributed by atoms with Gasteiger partial charge in [0.2, 0.25) is 0 Å². The van der Waals surface area contributed by atoms with E-state index in [0.717, 1.165) is 18.4 Å². The fourth-order valence-corrected chi connectivity index (χ4v) is 2.65. The molecule has 1 aromatic rings. The quantitative estimate of drug-likeness (QED) is 0.770. The number of rotatable bonds is 2. The van der Waals surface area contributed by atoms with Crippen LogP contribution in [0.25, 0.3) is 0 Å². The number of hydrogen-bond donors (Lipinski definition) is 2. The predicted octanol–water partition coefficient (Wildman–Crippen LogP) is 3.32. The first-order chi connectivity index (χ1) is 8.09. The van der Waals surface area contributed by atoms with Gasteiger partial charge in [-0.2, -0.15) is 0 Å². The van der Waals surface area contributed by atoms with Gasteiger partial charge in [0.25, 0.3) is 0 Å². The summed E-state index contributed by atoms with van der Waals surface area (Å²) in [7, 11) is 0. The molecule has 3 heteroatoms. The second kappa shape index (κ2) is 4.78. The number of aromatic carboxylic acids is 1. The van der Waals surface area contributed by atoms with Crippen LogP contribution in [0, 0.1) is 6.92 Å². The molecule has 0 amide bonds. The maximum atomic E-state index is 11.2. The first-order valence-electron chi connectivity index (χ1n) is 6.23. The third-order valence-electron chi connectivity index (χ3n) is 3.78. The van der Waals surface area contributed by atoms with Crippen molar-refractivity contribution in [2.75, 3.05) is 5.73 Å². The van der Waals surface area contributed by atoms with Gasteiger partial charge in [0.15, 0.2) is 0 Å². The lowest BCUT2D eigenvalue weighted by molar-refractivity contribution is 0.0696. The molecule has 0 heterocycles. The molecule has 1 aliphatic rings. The highest BCUT2D eigenvalue weighted by molar-refractivity contribution is 5.91. The number of carboxylic acids is 1. The summed E-state index contributed by atoms with van der Waals surface area (Å²) in [5, 5.41) is 9.16. The molecule has 0 saturated heterocycles. The van der Waals surface area contributed by atoms with Crippen molar-refractivity contribution in [3.8, 4) is 0 Å². The average Bonchev–Trinajstić information content (AvgIpc) is 2.33. The maximum Gasteiger partial charge on any atom is 0.336 e. The molecule has 2 rings (SSSR count). The van der Waals surface area contributed by atoms with E-state index in [4.69, 9.17) is 10.8 Å². The lowest BCUT2D eigenvalue weighted by Gasteiger charge is -2.23. The van der Waals surface area contributed by atoms with Gasteiger partial charge >= 0.3 is 5.97 Å². The van der Waals surface area contributed by atoms with Gasteiger partial charge in [-0.05, 0) is 48.9 Å². The van der Waals surface area contributed by atoms with Gasteiger partial charge in [-0.15, -0.1) is 0 Å². The second-order valence-corrected chi connectivity index (χ2v) is 4.92. The van der Waals surface area contributed by atoms with E-state index >= 15 is 0 Å². The van der Waals surface area contributed by atoms with E-state index < -0.39 is 5.97 Å². The smallest absolute Gasteiger partial charge is 0.336 e. The Bertz CT molecular complexity index is 434. The molecule has 0 atom stereocenters. The van der Waals surface area contributed by atoms with Crippen LogP contribution in [0.15, 0.2) is 12.1 Å². The molecule has 1 aromatic carbocycles. The summed E-state index contributed by atoms with van der Waals surface area (Å²) in [5.41, 5.74) is 8.64. The van der Waals surface area contributed by atoms with E-state index in [1.807, 2.05) is 12.1 Å². The van der Waals surface area contributed by atoms with Crippen LogP contribution < -0.4 is 5.73 Å². The van der Waals surface area contributed by atoms with Crippen molar-refractivity contribution in [1.29, 1.82) is 0 Å². The van der Waals surface area contributed by atoms with Crippen LogP contribution >= 0.6 is 0 Å². The first kappa shape index (κ1) is 12.0. The van der Waals surface area contributed by atoms with Crippen LogP contribution in [0.3, 0.4) is 0 Å². The zero-order valence-electron chi connectivity index (χ0n) is 10.2. The molecule has 17 heavy (non-hydrogen) atoms. The number of anilines is 1. The fourth-order valence-electron chi connectivity index (χ4n) is 2.65. The monoisotopic (exact) mass is 233 g/mol. The van der Waals surface area contributed by atoms with E-state index in [2.05, 4.69) is 0 Å². The van der Waals surface area contributed by atoms with Gasteiger partial charge in [-0.25, -0.2) is 4.79 Å². The van der Waals surface area contributed by atoms with E-state index in [-0.39, 0.29) is 0 Å². The molecular weight excluding hydrogens is 214 g/mol. The molecule has 0 spiro atoms. The van der Waals surface area contributed by atoms with Crippen molar-refractivity contribution in [3.63, 3.8) is 0 Å². The SMILES string of the molecule is Cc1c(N)cc(C2CCCCC2)cc1C(=O)O. The molecule has 0 bridgehead atoms. The summed E-state index contributed by atoms with van der Waals surface area (Å²) >= 11 is 0. The van der Waals surface area contributed by atoms with Gasteiger partial charge in [0.1, 0.15) is 0 Å². The Labute approximate surface area is 102 Å². The fraction of sp³-hybridized carbons (Fsp3) is 0.500. The predicted molar refractivity (Wildman–Crippen MR) is 68.4 cm³/mol. The normalized spacial score (nSPS) is 17.0. The summed E-state index contributed by atoms with van der Waals surface area (Å²) in [4.78, 5) is 11.2. The van der Waals surface area contributed by atoms with Gasteiger partial charge in [-0.1, -0.05) is 19.3 Å². The first-order valence-corrected chi connectivity index (χ1v) is 6.23. The number of benzene rings is 1. The van der Waals surface area contributed by atoms with Gasteiger partial charge < -0.3 is 10.8 Å². The van der Waals surface area contributed by atoms with Gasteiger partial charge in [0, 0.05) is 5.69 Å². The van der Waals surface area contributed by atoms with Crippen LogP contribution in [0.1, 0.15) is 59.5 Å². The molecule has 1 aliphatic carbocycles. The third-order valence-corrected chi connectivity index (χ3v) is 3.78. The zero-order valence-corrected chi connectivity index (χ0v) is 10.2. The largest absolute Gasteiger partial charge is 0.478 e. The summed E-state index contributed by atoms with van der Waals surface area (Å²) in [6, 6.07) is 3.77. The van der Waals surface area contributed by atoms with Crippen molar-refractivity contribution in [2.24, 2.45) is 0 Å². The van der Waals surface area contributed by atoms with Crippen molar-refractivity contribution in [3.05, 3.63) is 28.8 Å². The summed E-state index contributed by atoms with van der Waals surface area (Å²) in [6.07, 6.45) is 6.08. The molecule has 0 radical (unpaired) electrons. The number of nitrogens with two attached hydrogens (primary N) is 1. The van der Waals surface area contributed by atoms with Crippen molar-refractivity contribution < 1.29 is 9.90 Å². The van der Waals surface area contributed by atoms with Gasteiger partial charge in [-0.3, -0.25) is 0 Å². The summed E-state index contributed by atoms with van der Waals surface area (Å²) < 4.78 is 0. The topological polar surface area (TPSA) is 63.3 Å². The third kappa shape index (κ3) is 2.43. The number of nitrogen functional groups attached to an aromatic ring is 1. The molecule has 1 fully saturated rings. The van der Waals surface area contributed by atoms with Gasteiger partial charge in [0.05, 0.1) is 5.56 Å². The zero-order chi connectivity index (χ0) is 12.4. The molecule has 0 unspecified atom stereocenters. The lowest BCUT2D eigenvalue weighted by Crippen LogP contribution is -2.09. The Morgan fingerprint density at radius 3 is 2.53 bits per heavy atom. The van der Waals surface area contributed by atoms with E-state index in [0.29, 0.717) is 22.7 Å². The number of carboxylic acid groups (broad SMARTS) is 1. The molecule has 3 nitrogen and oxygen atoms in total. The molecule has 0 aliphatic heterocycles. The van der Waals surface area contributed by atoms with E-state index in [9.17, 15) is 4.79 Å². The molecule has 92 valence electrons. The minimum atomic E-state index is -0.883. The molecule has 1 saturated carbocycles. The standard InChI is InChI=1S/C14H19NO2/c1-9-12(14(16)17)7-11(8-13(9)15)10-5-3-2-4-6-10/h7-8,10H,2-6,15H2,1H3,(H,16,17). The number of carbonyl (C=O) groups is 1. The minimum absolute atomic E-state index is 0.352. The van der Waals surface area contributed by atoms with E-state index in [1.165, 1.54) is 19.3 Å². The Kier molecular flexibility index (Phi) is 3.36. The summed E-state index contributed by atoms with van der Waals surface area (Å²) in [5.74, 6) is -0.392. The van der Waals surface area contributed by atoms with Crippen molar-refractivity contribution >= 4 is 11.7 Å². The number of hydrogen-bond acceptors (Lipinski definition) is 2. The minimum Gasteiger partial charge on any atom is -0.478 e. The Morgan fingerprint density at radius 2 is 1.94 bits per heavy atom. The highest BCUT2D eigenvalue weighted by Gasteiger charge is 2.19. The lowest BCUT2D eigenvalue weighted by atomic mass is 9.83. The molecule has 0 aromatic heterocycles. The summed E-state index contributed by atoms with van der Waals surface area (Å²) in [6.45, 7) is 1.77. The molecule has 3 N–H and O–H groups in total. The van der Waals surface area contributed by atoms with Crippen LogP contribution in [0.2, 0.25) is 0 Å². The molecular formula is C14H19NO2. The van der Waals surface area contributed by atoms with Crippen LogP contribution in [0.5, 0.6) is 0 Å². The van der Waals surface area contributed by atoms with Crippen molar-refractivity contribution in [1.82, 2.24) is 0 Å². The van der Waals surface area contributed by atoms with Crippen LogP contribution in [-0.4, -0.2) is 11.1 Å². The van der Waals surface area contributed by atoms with Crippen molar-refractivity contribution in [2.45, 2.75) is 44.9 Å². The Hall–Kier alpha value is -1.51. The average molecular weight is 233 g/mol. The van der Waals surface area contributed by atoms with Crippen LogP contribution in [0.4, 0.5) is 5.69 Å².